The lowest BCUT2D eigenvalue weighted by molar-refractivity contribution is 0.0963. The summed E-state index contributed by atoms with van der Waals surface area (Å²) in [6.07, 6.45) is 1.56. The Morgan fingerprint density at radius 1 is 1.00 bits per heavy atom. The van der Waals surface area contributed by atoms with Gasteiger partial charge in [0.25, 0.3) is 5.91 Å². The van der Waals surface area contributed by atoms with Gasteiger partial charge in [-0.25, -0.2) is 9.97 Å². The summed E-state index contributed by atoms with van der Waals surface area (Å²) in [7, 11) is 1.62. The third-order valence-electron chi connectivity index (χ3n) is 4.02. The highest BCUT2D eigenvalue weighted by atomic mass is 32.1. The molecule has 0 spiro atoms. The second-order valence-electron chi connectivity index (χ2n) is 5.70. The summed E-state index contributed by atoms with van der Waals surface area (Å²) in [5.74, 6) is 0.646. The number of amides is 1. The van der Waals surface area contributed by atoms with Crippen molar-refractivity contribution >= 4 is 39.0 Å². The molecule has 0 aliphatic heterocycles. The summed E-state index contributed by atoms with van der Waals surface area (Å²) in [4.78, 5) is 22.5. The second-order valence-corrected chi connectivity index (χ2v) is 6.73. The average molecular weight is 360 g/mol. The fourth-order valence-corrected chi connectivity index (χ4v) is 3.69. The summed E-state index contributed by atoms with van der Waals surface area (Å²) < 4.78 is 0. The Labute approximate surface area is 154 Å². The van der Waals surface area contributed by atoms with Crippen LogP contribution in [0, 0.1) is 0 Å². The van der Waals surface area contributed by atoms with E-state index in [0.717, 1.165) is 32.2 Å². The van der Waals surface area contributed by atoms with Crippen LogP contribution in [-0.2, 0) is 0 Å². The van der Waals surface area contributed by atoms with E-state index in [1.807, 2.05) is 30.3 Å². The molecule has 2 aromatic heterocycles. The first-order chi connectivity index (χ1) is 12.7. The van der Waals surface area contributed by atoms with E-state index in [0.29, 0.717) is 5.56 Å². The average Bonchev–Trinajstić information content (AvgIpc) is 3.14. The molecular weight excluding hydrogens is 344 g/mol. The first-order valence-electron chi connectivity index (χ1n) is 8.14. The van der Waals surface area contributed by atoms with Gasteiger partial charge in [0.2, 0.25) is 0 Å². The van der Waals surface area contributed by atoms with Gasteiger partial charge in [-0.1, -0.05) is 30.3 Å². The van der Waals surface area contributed by atoms with Crippen LogP contribution in [0.5, 0.6) is 0 Å². The van der Waals surface area contributed by atoms with E-state index >= 15 is 0 Å². The predicted octanol–water partition coefficient (Wildman–Crippen LogP) is 4.46. The van der Waals surface area contributed by atoms with Crippen LogP contribution in [0.4, 0.5) is 11.5 Å². The normalized spacial score (nSPS) is 10.7. The lowest BCUT2D eigenvalue weighted by Crippen LogP contribution is -2.17. The molecular formula is C20H16N4OS. The van der Waals surface area contributed by atoms with Gasteiger partial charge < -0.3 is 10.6 Å². The Hall–Kier alpha value is -3.25. The molecule has 0 aliphatic rings. The molecule has 128 valence electrons. The Morgan fingerprint density at radius 3 is 2.50 bits per heavy atom. The second kappa shape index (κ2) is 6.93. The van der Waals surface area contributed by atoms with Gasteiger partial charge in [0.05, 0.1) is 5.39 Å². The molecule has 4 rings (SSSR count). The molecule has 5 nitrogen and oxygen atoms in total. The zero-order valence-corrected chi connectivity index (χ0v) is 14.9. The number of rotatable bonds is 4. The molecule has 0 saturated heterocycles. The van der Waals surface area contributed by atoms with Gasteiger partial charge in [0.1, 0.15) is 17.0 Å². The molecule has 2 aromatic carbocycles. The van der Waals surface area contributed by atoms with Gasteiger partial charge >= 0.3 is 0 Å². The molecule has 0 bridgehead atoms. The highest BCUT2D eigenvalue weighted by Gasteiger charge is 2.10. The molecule has 0 aliphatic carbocycles. The van der Waals surface area contributed by atoms with Gasteiger partial charge in [-0.15, -0.1) is 11.3 Å². The van der Waals surface area contributed by atoms with Gasteiger partial charge in [-0.3, -0.25) is 4.79 Å². The summed E-state index contributed by atoms with van der Waals surface area (Å²) in [5, 5.41) is 6.91. The number of hydrogen-bond donors (Lipinski definition) is 2. The van der Waals surface area contributed by atoms with E-state index in [9.17, 15) is 4.79 Å². The van der Waals surface area contributed by atoms with Crippen LogP contribution in [0.1, 0.15) is 10.4 Å². The van der Waals surface area contributed by atoms with Crippen LogP contribution in [0.3, 0.4) is 0 Å². The van der Waals surface area contributed by atoms with E-state index in [-0.39, 0.29) is 5.91 Å². The first kappa shape index (κ1) is 16.2. The molecule has 0 fully saturated rings. The van der Waals surface area contributed by atoms with Crippen molar-refractivity contribution in [1.82, 2.24) is 15.3 Å². The standard InChI is InChI=1S/C20H16N4OS/c1-21-19(25)14-7-9-15(10-8-14)24-18-16-11-17(13-5-3-2-4-6-13)26-20(16)23-12-22-18/h2-12H,1H3,(H,21,25)(H,22,23,24). The maximum atomic E-state index is 11.6. The molecule has 2 heterocycles. The number of thiophene rings is 1. The Morgan fingerprint density at radius 2 is 1.77 bits per heavy atom. The third kappa shape index (κ3) is 3.14. The van der Waals surface area contributed by atoms with Crippen LogP contribution in [0.25, 0.3) is 20.7 Å². The molecule has 0 radical (unpaired) electrons. The molecule has 2 N–H and O–H groups in total. The minimum atomic E-state index is -0.105. The van der Waals surface area contributed by atoms with Crippen LogP contribution in [0.2, 0.25) is 0 Å². The maximum Gasteiger partial charge on any atom is 0.251 e. The number of anilines is 2. The molecule has 0 unspecified atom stereocenters. The SMILES string of the molecule is CNC(=O)c1ccc(Nc2ncnc3sc(-c4ccccc4)cc23)cc1. The lowest BCUT2D eigenvalue weighted by Gasteiger charge is -2.07. The van der Waals surface area contributed by atoms with E-state index in [1.165, 1.54) is 0 Å². The molecule has 1 amide bonds. The Balaban J connectivity index is 1.66. The fraction of sp³-hybridized carbons (Fsp3) is 0.0500. The number of fused-ring (bicyclic) bond motifs is 1. The maximum absolute atomic E-state index is 11.6. The highest BCUT2D eigenvalue weighted by molar-refractivity contribution is 7.21. The fourth-order valence-electron chi connectivity index (χ4n) is 2.69. The molecule has 6 heteroatoms. The minimum absolute atomic E-state index is 0.105. The summed E-state index contributed by atoms with van der Waals surface area (Å²) in [6, 6.07) is 19.6. The number of carbonyl (C=O) groups is 1. The van der Waals surface area contributed by atoms with Crippen molar-refractivity contribution < 1.29 is 4.79 Å². The van der Waals surface area contributed by atoms with Gasteiger partial charge in [-0.05, 0) is 35.9 Å². The van der Waals surface area contributed by atoms with E-state index in [2.05, 4.69) is 38.8 Å². The number of hydrogen-bond acceptors (Lipinski definition) is 5. The summed E-state index contributed by atoms with van der Waals surface area (Å²) >= 11 is 1.64. The number of nitrogens with one attached hydrogen (secondary N) is 2. The van der Waals surface area contributed by atoms with Crippen molar-refractivity contribution in [3.63, 3.8) is 0 Å². The molecule has 0 atom stereocenters. The number of benzene rings is 2. The van der Waals surface area contributed by atoms with E-state index in [4.69, 9.17) is 0 Å². The van der Waals surface area contributed by atoms with Crippen molar-refractivity contribution in [2.24, 2.45) is 0 Å². The van der Waals surface area contributed by atoms with Crippen molar-refractivity contribution in [2.45, 2.75) is 0 Å². The third-order valence-corrected chi connectivity index (χ3v) is 5.12. The van der Waals surface area contributed by atoms with Crippen LogP contribution in [0.15, 0.2) is 67.0 Å². The molecule has 26 heavy (non-hydrogen) atoms. The number of nitrogens with zero attached hydrogens (tertiary/aromatic N) is 2. The predicted molar refractivity (Wildman–Crippen MR) is 106 cm³/mol. The van der Waals surface area contributed by atoms with Crippen molar-refractivity contribution in [3.05, 3.63) is 72.6 Å². The Kier molecular flexibility index (Phi) is 4.33. The monoisotopic (exact) mass is 360 g/mol. The van der Waals surface area contributed by atoms with Crippen molar-refractivity contribution in [1.29, 1.82) is 0 Å². The van der Waals surface area contributed by atoms with E-state index in [1.54, 1.807) is 36.8 Å². The highest BCUT2D eigenvalue weighted by Crippen LogP contribution is 2.35. The van der Waals surface area contributed by atoms with Gasteiger partial charge in [-0.2, -0.15) is 0 Å². The van der Waals surface area contributed by atoms with E-state index < -0.39 is 0 Å². The van der Waals surface area contributed by atoms with Crippen LogP contribution in [-0.4, -0.2) is 22.9 Å². The molecule has 4 aromatic rings. The first-order valence-corrected chi connectivity index (χ1v) is 8.95. The number of aromatic nitrogens is 2. The topological polar surface area (TPSA) is 66.9 Å². The van der Waals surface area contributed by atoms with Crippen LogP contribution >= 0.6 is 11.3 Å². The van der Waals surface area contributed by atoms with Crippen molar-refractivity contribution in [3.8, 4) is 10.4 Å². The molecule has 0 saturated carbocycles. The minimum Gasteiger partial charge on any atom is -0.355 e. The largest absolute Gasteiger partial charge is 0.355 e. The quantitative estimate of drug-likeness (QED) is 0.564. The summed E-state index contributed by atoms with van der Waals surface area (Å²) in [5.41, 5.74) is 2.65. The zero-order valence-electron chi connectivity index (χ0n) is 14.1. The summed E-state index contributed by atoms with van der Waals surface area (Å²) in [6.45, 7) is 0. The number of carbonyl (C=O) groups excluding carboxylic acids is 1. The smallest absolute Gasteiger partial charge is 0.251 e. The van der Waals surface area contributed by atoms with Crippen LogP contribution < -0.4 is 10.6 Å². The Bertz CT molecular complexity index is 1060. The van der Waals surface area contributed by atoms with Gasteiger partial charge in [0.15, 0.2) is 0 Å². The van der Waals surface area contributed by atoms with Gasteiger partial charge in [0, 0.05) is 23.2 Å². The van der Waals surface area contributed by atoms with Crippen molar-refractivity contribution in [2.75, 3.05) is 12.4 Å². The lowest BCUT2D eigenvalue weighted by atomic mass is 10.2. The zero-order chi connectivity index (χ0) is 17.9.